The van der Waals surface area contributed by atoms with E-state index < -0.39 is 0 Å². The van der Waals surface area contributed by atoms with E-state index in [-0.39, 0.29) is 11.4 Å². The number of rotatable bonds is 3. The molecule has 0 radical (unpaired) electrons. The highest BCUT2D eigenvalue weighted by Gasteiger charge is 2.14. The van der Waals surface area contributed by atoms with E-state index in [0.717, 1.165) is 12.0 Å². The third-order valence-electron chi connectivity index (χ3n) is 2.29. The Morgan fingerprint density at radius 1 is 1.60 bits per heavy atom. The monoisotopic (exact) mass is 206 g/mol. The quantitative estimate of drug-likeness (QED) is 0.524. The van der Waals surface area contributed by atoms with Crippen LogP contribution in [0.3, 0.4) is 0 Å². The third kappa shape index (κ3) is 4.15. The summed E-state index contributed by atoms with van der Waals surface area (Å²) in [6.45, 7) is 6.59. The minimum atomic E-state index is -0.281. The SMILES string of the molecule is CCOC(=O)/C=C/C1=CCC(C)(C)C=C1. The van der Waals surface area contributed by atoms with Gasteiger partial charge in [0.2, 0.25) is 0 Å². The average molecular weight is 206 g/mol. The van der Waals surface area contributed by atoms with Crippen molar-refractivity contribution in [3.05, 3.63) is 36.0 Å². The van der Waals surface area contributed by atoms with Gasteiger partial charge < -0.3 is 4.74 Å². The number of carbonyl (C=O) groups excluding carboxylic acids is 1. The zero-order valence-electron chi connectivity index (χ0n) is 9.62. The molecule has 2 nitrogen and oxygen atoms in total. The number of ether oxygens (including phenoxy) is 1. The van der Waals surface area contributed by atoms with Gasteiger partial charge in [-0.05, 0) is 30.4 Å². The largest absolute Gasteiger partial charge is 0.463 e. The molecular formula is C13H18O2. The van der Waals surface area contributed by atoms with E-state index in [1.54, 1.807) is 13.0 Å². The Morgan fingerprint density at radius 3 is 2.87 bits per heavy atom. The lowest BCUT2D eigenvalue weighted by Crippen LogP contribution is -2.08. The topological polar surface area (TPSA) is 26.3 Å². The first kappa shape index (κ1) is 11.8. The predicted octanol–water partition coefficient (Wildman–Crippen LogP) is 3.02. The fraction of sp³-hybridized carbons (Fsp3) is 0.462. The molecule has 0 heterocycles. The van der Waals surface area contributed by atoms with E-state index in [1.165, 1.54) is 6.08 Å². The highest BCUT2D eigenvalue weighted by Crippen LogP contribution is 2.28. The van der Waals surface area contributed by atoms with Crippen molar-refractivity contribution in [1.82, 2.24) is 0 Å². The van der Waals surface area contributed by atoms with Crippen molar-refractivity contribution >= 4 is 5.97 Å². The molecule has 0 spiro atoms. The molecule has 0 unspecified atom stereocenters. The Hall–Kier alpha value is -1.31. The highest BCUT2D eigenvalue weighted by atomic mass is 16.5. The van der Waals surface area contributed by atoms with Gasteiger partial charge in [0.1, 0.15) is 0 Å². The van der Waals surface area contributed by atoms with Gasteiger partial charge in [0, 0.05) is 6.08 Å². The Balaban J connectivity index is 2.52. The lowest BCUT2D eigenvalue weighted by molar-refractivity contribution is -0.137. The van der Waals surface area contributed by atoms with Crippen molar-refractivity contribution in [1.29, 1.82) is 0 Å². The van der Waals surface area contributed by atoms with Gasteiger partial charge >= 0.3 is 5.97 Å². The average Bonchev–Trinajstić information content (AvgIpc) is 2.17. The molecule has 0 aromatic rings. The molecule has 15 heavy (non-hydrogen) atoms. The fourth-order valence-corrected chi connectivity index (χ4v) is 1.32. The molecule has 0 aromatic heterocycles. The first-order valence-corrected chi connectivity index (χ1v) is 5.28. The summed E-state index contributed by atoms with van der Waals surface area (Å²) in [7, 11) is 0. The Kier molecular flexibility index (Phi) is 3.89. The summed E-state index contributed by atoms with van der Waals surface area (Å²) in [6, 6.07) is 0. The minimum absolute atomic E-state index is 0.237. The van der Waals surface area contributed by atoms with E-state index in [9.17, 15) is 4.79 Å². The molecular weight excluding hydrogens is 188 g/mol. The molecule has 1 aliphatic rings. The number of carbonyl (C=O) groups is 1. The van der Waals surface area contributed by atoms with Gasteiger partial charge in [-0.15, -0.1) is 0 Å². The van der Waals surface area contributed by atoms with Crippen molar-refractivity contribution < 1.29 is 9.53 Å². The van der Waals surface area contributed by atoms with E-state index in [1.807, 2.05) is 6.08 Å². The normalized spacial score (nSPS) is 19.0. The molecule has 2 heteroatoms. The Labute approximate surface area is 91.3 Å². The zero-order chi connectivity index (χ0) is 11.3. The van der Waals surface area contributed by atoms with E-state index >= 15 is 0 Å². The van der Waals surface area contributed by atoms with Crippen LogP contribution < -0.4 is 0 Å². The van der Waals surface area contributed by atoms with Crippen LogP contribution in [-0.4, -0.2) is 12.6 Å². The molecule has 1 rings (SSSR count). The Bertz CT molecular complexity index is 319. The predicted molar refractivity (Wildman–Crippen MR) is 61.4 cm³/mol. The molecule has 1 aliphatic carbocycles. The summed E-state index contributed by atoms with van der Waals surface area (Å²) in [5.41, 5.74) is 1.31. The van der Waals surface area contributed by atoms with Crippen LogP contribution >= 0.6 is 0 Å². The van der Waals surface area contributed by atoms with Crippen molar-refractivity contribution in [2.24, 2.45) is 5.41 Å². The smallest absolute Gasteiger partial charge is 0.330 e. The maximum atomic E-state index is 11.1. The van der Waals surface area contributed by atoms with E-state index in [4.69, 9.17) is 4.74 Å². The van der Waals surface area contributed by atoms with Crippen LogP contribution in [0.15, 0.2) is 36.0 Å². The summed E-state index contributed by atoms with van der Waals surface area (Å²) in [5.74, 6) is -0.281. The first-order valence-electron chi connectivity index (χ1n) is 5.28. The lowest BCUT2D eigenvalue weighted by atomic mass is 9.84. The van der Waals surface area contributed by atoms with Crippen LogP contribution in [0.2, 0.25) is 0 Å². The molecule has 0 bridgehead atoms. The second kappa shape index (κ2) is 4.96. The summed E-state index contributed by atoms with van der Waals surface area (Å²) < 4.78 is 4.80. The number of allylic oxidation sites excluding steroid dienone is 5. The van der Waals surface area contributed by atoms with Crippen LogP contribution in [0, 0.1) is 5.41 Å². The Morgan fingerprint density at radius 2 is 2.33 bits per heavy atom. The maximum absolute atomic E-state index is 11.1. The van der Waals surface area contributed by atoms with Crippen LogP contribution in [-0.2, 0) is 9.53 Å². The van der Waals surface area contributed by atoms with E-state index in [2.05, 4.69) is 26.0 Å². The summed E-state index contributed by atoms with van der Waals surface area (Å²) in [6.07, 6.45) is 10.6. The second-order valence-corrected chi connectivity index (χ2v) is 4.32. The zero-order valence-corrected chi connectivity index (χ0v) is 9.62. The minimum Gasteiger partial charge on any atom is -0.463 e. The van der Waals surface area contributed by atoms with Crippen LogP contribution in [0.25, 0.3) is 0 Å². The van der Waals surface area contributed by atoms with Gasteiger partial charge in [-0.3, -0.25) is 0 Å². The molecule has 0 saturated heterocycles. The van der Waals surface area contributed by atoms with Crippen molar-refractivity contribution in [3.8, 4) is 0 Å². The summed E-state index contributed by atoms with van der Waals surface area (Å²) in [5, 5.41) is 0. The van der Waals surface area contributed by atoms with Crippen LogP contribution in [0.5, 0.6) is 0 Å². The number of esters is 1. The van der Waals surface area contributed by atoms with Gasteiger partial charge in [-0.2, -0.15) is 0 Å². The van der Waals surface area contributed by atoms with E-state index in [0.29, 0.717) is 6.61 Å². The number of hydrogen-bond acceptors (Lipinski definition) is 2. The second-order valence-electron chi connectivity index (χ2n) is 4.32. The molecule has 0 aromatic carbocycles. The van der Waals surface area contributed by atoms with Gasteiger partial charge in [0.25, 0.3) is 0 Å². The molecule has 82 valence electrons. The molecule has 0 atom stereocenters. The van der Waals surface area contributed by atoms with Gasteiger partial charge in [-0.25, -0.2) is 4.79 Å². The van der Waals surface area contributed by atoms with Gasteiger partial charge in [0.05, 0.1) is 6.61 Å². The van der Waals surface area contributed by atoms with Crippen LogP contribution in [0.4, 0.5) is 0 Å². The van der Waals surface area contributed by atoms with Crippen molar-refractivity contribution in [2.45, 2.75) is 27.2 Å². The summed E-state index contributed by atoms with van der Waals surface area (Å²) in [4.78, 5) is 11.1. The highest BCUT2D eigenvalue weighted by molar-refractivity contribution is 5.82. The summed E-state index contributed by atoms with van der Waals surface area (Å²) >= 11 is 0. The third-order valence-corrected chi connectivity index (χ3v) is 2.29. The van der Waals surface area contributed by atoms with Gasteiger partial charge in [-0.1, -0.05) is 32.1 Å². The van der Waals surface area contributed by atoms with Gasteiger partial charge in [0.15, 0.2) is 0 Å². The number of hydrogen-bond donors (Lipinski definition) is 0. The maximum Gasteiger partial charge on any atom is 0.330 e. The van der Waals surface area contributed by atoms with Crippen LogP contribution in [0.1, 0.15) is 27.2 Å². The molecule has 0 fully saturated rings. The molecule has 0 amide bonds. The molecule has 0 saturated carbocycles. The van der Waals surface area contributed by atoms with Crippen molar-refractivity contribution in [2.75, 3.05) is 6.61 Å². The first-order chi connectivity index (χ1) is 7.03. The standard InChI is InChI=1S/C13H18O2/c1-4-15-12(14)6-5-11-7-9-13(2,3)10-8-11/h5-9H,4,10H2,1-3H3/b6-5+. The lowest BCUT2D eigenvalue weighted by Gasteiger charge is -2.21. The fourth-order valence-electron chi connectivity index (χ4n) is 1.32. The molecule has 0 aliphatic heterocycles. The molecule has 0 N–H and O–H groups in total. The van der Waals surface area contributed by atoms with Crippen molar-refractivity contribution in [3.63, 3.8) is 0 Å².